The Morgan fingerprint density at radius 3 is 2.36 bits per heavy atom. The Kier molecular flexibility index (Phi) is 5.75. The van der Waals surface area contributed by atoms with Gasteiger partial charge in [0.15, 0.2) is 0 Å². The van der Waals surface area contributed by atoms with E-state index in [9.17, 15) is 13.2 Å². The van der Waals surface area contributed by atoms with Crippen LogP contribution in [0.1, 0.15) is 27.7 Å². The first-order chi connectivity index (χ1) is 13.3. The highest BCUT2D eigenvalue weighted by Crippen LogP contribution is 2.27. The van der Waals surface area contributed by atoms with E-state index in [4.69, 9.17) is 0 Å². The topological polar surface area (TPSA) is 79.4 Å². The molecule has 0 radical (unpaired) electrons. The van der Waals surface area contributed by atoms with Crippen molar-refractivity contribution in [2.45, 2.75) is 6.04 Å². The second-order valence-electron chi connectivity index (χ2n) is 6.44. The van der Waals surface area contributed by atoms with Gasteiger partial charge in [-0.15, -0.1) is 0 Å². The van der Waals surface area contributed by atoms with Gasteiger partial charge >= 0.3 is 0 Å². The molecule has 1 heterocycles. The molecule has 0 fully saturated rings. The minimum atomic E-state index is -3.43. The van der Waals surface area contributed by atoms with E-state index in [1.165, 1.54) is 6.07 Å². The normalized spacial score (nSPS) is 12.2. The first kappa shape index (κ1) is 19.6. The molecule has 1 aromatic heterocycles. The Morgan fingerprint density at radius 1 is 1.00 bits per heavy atom. The summed E-state index contributed by atoms with van der Waals surface area (Å²) in [5.74, 6) is -0.239. The van der Waals surface area contributed by atoms with E-state index < -0.39 is 10.0 Å². The van der Waals surface area contributed by atoms with Crippen molar-refractivity contribution < 1.29 is 13.2 Å². The average molecular weight is 395 g/mol. The van der Waals surface area contributed by atoms with E-state index >= 15 is 0 Å². The Balaban J connectivity index is 1.96. The van der Waals surface area contributed by atoms with E-state index in [0.717, 1.165) is 17.5 Å². The van der Waals surface area contributed by atoms with Gasteiger partial charge in [-0.1, -0.05) is 42.5 Å². The van der Waals surface area contributed by atoms with Crippen LogP contribution in [0.4, 0.5) is 5.69 Å². The number of nitrogens with zero attached hydrogens (tertiary/aromatic N) is 2. The summed E-state index contributed by atoms with van der Waals surface area (Å²) in [6.07, 6.45) is 2.76. The van der Waals surface area contributed by atoms with E-state index in [2.05, 4.69) is 9.71 Å². The number of nitrogens with one attached hydrogen (secondary N) is 1. The van der Waals surface area contributed by atoms with Crippen LogP contribution in [0.5, 0.6) is 0 Å². The molecule has 3 rings (SSSR count). The second kappa shape index (κ2) is 8.22. The fraction of sp³-hybridized carbons (Fsp3) is 0.143. The van der Waals surface area contributed by atoms with Gasteiger partial charge in [0, 0.05) is 24.5 Å². The van der Waals surface area contributed by atoms with Gasteiger partial charge in [0.2, 0.25) is 10.0 Å². The van der Waals surface area contributed by atoms with Crippen LogP contribution in [0.15, 0.2) is 79.0 Å². The SMILES string of the molecule is CN(C(=O)c1cccc(NS(C)(=O)=O)c1)C(c1ccccc1)c1ccccn1. The summed E-state index contributed by atoms with van der Waals surface area (Å²) in [6, 6.07) is 21.3. The molecule has 6 nitrogen and oxygen atoms in total. The fourth-order valence-corrected chi connectivity index (χ4v) is 3.57. The van der Waals surface area contributed by atoms with Crippen molar-refractivity contribution in [2.24, 2.45) is 0 Å². The van der Waals surface area contributed by atoms with Crippen LogP contribution in [-0.2, 0) is 10.0 Å². The maximum Gasteiger partial charge on any atom is 0.254 e. The van der Waals surface area contributed by atoms with Gasteiger partial charge < -0.3 is 4.90 Å². The standard InChI is InChI=1S/C21H21N3O3S/c1-24(21(25)17-11-8-12-18(15-17)23-28(2,26)27)20(16-9-4-3-5-10-16)19-13-6-7-14-22-19/h3-15,20,23H,1-2H3. The summed E-state index contributed by atoms with van der Waals surface area (Å²) in [4.78, 5) is 19.2. The predicted octanol–water partition coefficient (Wildman–Crippen LogP) is 3.31. The summed E-state index contributed by atoms with van der Waals surface area (Å²) >= 11 is 0. The highest BCUT2D eigenvalue weighted by Gasteiger charge is 2.25. The Morgan fingerprint density at radius 2 is 1.71 bits per heavy atom. The Labute approximate surface area is 164 Å². The molecule has 1 amide bonds. The zero-order valence-corrected chi connectivity index (χ0v) is 16.4. The first-order valence-corrected chi connectivity index (χ1v) is 10.6. The third-order valence-electron chi connectivity index (χ3n) is 4.20. The molecule has 7 heteroatoms. The molecule has 0 aliphatic heterocycles. The monoisotopic (exact) mass is 395 g/mol. The number of amides is 1. The maximum atomic E-state index is 13.2. The predicted molar refractivity (Wildman–Crippen MR) is 110 cm³/mol. The van der Waals surface area contributed by atoms with Gasteiger partial charge in [0.05, 0.1) is 18.0 Å². The number of hydrogen-bond donors (Lipinski definition) is 1. The lowest BCUT2D eigenvalue weighted by Gasteiger charge is -2.28. The fourth-order valence-electron chi connectivity index (χ4n) is 3.02. The molecule has 0 bridgehead atoms. The molecule has 2 aromatic carbocycles. The van der Waals surface area contributed by atoms with E-state index in [-0.39, 0.29) is 11.9 Å². The summed E-state index contributed by atoms with van der Waals surface area (Å²) < 4.78 is 25.4. The number of anilines is 1. The summed E-state index contributed by atoms with van der Waals surface area (Å²) in [7, 11) is -1.71. The van der Waals surface area contributed by atoms with Crippen LogP contribution in [-0.4, -0.2) is 37.5 Å². The molecule has 28 heavy (non-hydrogen) atoms. The van der Waals surface area contributed by atoms with Crippen LogP contribution in [0.3, 0.4) is 0 Å². The summed E-state index contributed by atoms with van der Waals surface area (Å²) in [5, 5.41) is 0. The maximum absolute atomic E-state index is 13.2. The summed E-state index contributed by atoms with van der Waals surface area (Å²) in [5.41, 5.74) is 2.40. The van der Waals surface area contributed by atoms with Gasteiger partial charge in [-0.25, -0.2) is 8.42 Å². The second-order valence-corrected chi connectivity index (χ2v) is 8.19. The molecular formula is C21H21N3O3S. The minimum Gasteiger partial charge on any atom is -0.329 e. The molecule has 0 aliphatic rings. The number of rotatable bonds is 6. The largest absolute Gasteiger partial charge is 0.329 e. The minimum absolute atomic E-state index is 0.239. The lowest BCUT2D eigenvalue weighted by Crippen LogP contribution is -2.32. The highest BCUT2D eigenvalue weighted by atomic mass is 32.2. The summed E-state index contributed by atoms with van der Waals surface area (Å²) in [6.45, 7) is 0. The molecule has 0 aliphatic carbocycles. The molecule has 0 saturated heterocycles. The van der Waals surface area contributed by atoms with Crippen molar-refractivity contribution in [2.75, 3.05) is 18.0 Å². The zero-order valence-electron chi connectivity index (χ0n) is 15.6. The number of carbonyl (C=O) groups excluding carboxylic acids is 1. The van der Waals surface area contributed by atoms with Crippen LogP contribution in [0.25, 0.3) is 0 Å². The number of hydrogen-bond acceptors (Lipinski definition) is 4. The average Bonchev–Trinajstić information content (AvgIpc) is 2.68. The van der Waals surface area contributed by atoms with E-state index in [0.29, 0.717) is 11.3 Å². The quantitative estimate of drug-likeness (QED) is 0.694. The van der Waals surface area contributed by atoms with Crippen molar-refractivity contribution in [3.63, 3.8) is 0 Å². The van der Waals surface area contributed by atoms with Crippen LogP contribution in [0, 0.1) is 0 Å². The molecular weight excluding hydrogens is 374 g/mol. The third-order valence-corrected chi connectivity index (χ3v) is 4.81. The molecule has 3 aromatic rings. The molecule has 0 spiro atoms. The molecule has 1 atom stereocenters. The van der Waals surface area contributed by atoms with Crippen molar-refractivity contribution in [1.29, 1.82) is 0 Å². The van der Waals surface area contributed by atoms with Crippen LogP contribution < -0.4 is 4.72 Å². The molecule has 1 unspecified atom stereocenters. The van der Waals surface area contributed by atoms with E-state index in [1.54, 1.807) is 36.3 Å². The number of aromatic nitrogens is 1. The number of benzene rings is 2. The van der Waals surface area contributed by atoms with E-state index in [1.807, 2.05) is 48.5 Å². The smallest absolute Gasteiger partial charge is 0.254 e. The number of carbonyl (C=O) groups is 1. The molecule has 0 saturated carbocycles. The van der Waals surface area contributed by atoms with Crippen molar-refractivity contribution in [3.8, 4) is 0 Å². The molecule has 1 N–H and O–H groups in total. The number of sulfonamides is 1. The van der Waals surface area contributed by atoms with Crippen molar-refractivity contribution in [1.82, 2.24) is 9.88 Å². The van der Waals surface area contributed by atoms with Gasteiger partial charge in [0.25, 0.3) is 5.91 Å². The van der Waals surface area contributed by atoms with Crippen LogP contribution in [0.2, 0.25) is 0 Å². The third kappa shape index (κ3) is 4.75. The van der Waals surface area contributed by atoms with Crippen molar-refractivity contribution >= 4 is 21.6 Å². The lowest BCUT2D eigenvalue weighted by atomic mass is 10.0. The lowest BCUT2D eigenvalue weighted by molar-refractivity contribution is 0.0752. The zero-order chi connectivity index (χ0) is 20.1. The Hall–Kier alpha value is -3.19. The van der Waals surface area contributed by atoms with Gasteiger partial charge in [-0.05, 0) is 35.9 Å². The van der Waals surface area contributed by atoms with Gasteiger partial charge in [-0.2, -0.15) is 0 Å². The van der Waals surface area contributed by atoms with Gasteiger partial charge in [0.1, 0.15) is 0 Å². The van der Waals surface area contributed by atoms with Crippen molar-refractivity contribution in [3.05, 3.63) is 95.8 Å². The highest BCUT2D eigenvalue weighted by molar-refractivity contribution is 7.92. The Bertz CT molecular complexity index is 1020. The molecule has 144 valence electrons. The number of pyridine rings is 1. The first-order valence-electron chi connectivity index (χ1n) is 8.66. The van der Waals surface area contributed by atoms with Crippen LogP contribution >= 0.6 is 0 Å². The van der Waals surface area contributed by atoms with Gasteiger partial charge in [-0.3, -0.25) is 14.5 Å².